The van der Waals surface area contributed by atoms with Crippen LogP contribution in [0, 0.1) is 17.2 Å². The molecule has 388 valence electrons. The van der Waals surface area contributed by atoms with Crippen molar-refractivity contribution in [2.24, 2.45) is 11.3 Å². The molecule has 1 atom stereocenters. The predicted octanol–water partition coefficient (Wildman–Crippen LogP) is 10.1. The number of fused-ring (bicyclic) bond motifs is 2. The molecule has 0 radical (unpaired) electrons. The molecule has 3 saturated heterocycles. The molecule has 18 heteroatoms. The Bertz CT molecular complexity index is 3270. The minimum Gasteiger partial charge on any atom is -0.497 e. The largest absolute Gasteiger partial charge is 0.497 e. The average molecular weight is 1040 g/mol. The second-order valence-corrected chi connectivity index (χ2v) is 23.4. The lowest BCUT2D eigenvalue weighted by atomic mass is 9.59. The molecule has 7 aromatic rings. The minimum absolute atomic E-state index is 0.0142. The second-order valence-electron chi connectivity index (χ2n) is 20.9. The SMILES string of the molecule is COc1ccc(CN2CCN(C3CC4(CCN(c5cc(Oc6cnc7[nH]ccc7c6)c(C(=O)NS(=O)(=O)c6cc(N)c(NCC7CCOCC7)c7scnc67)cc5F)CC4)C3)[C@H](c3ccccc3C(C)C)C2)cc1. The van der Waals surface area contributed by atoms with Crippen molar-refractivity contribution in [1.29, 1.82) is 0 Å². The summed E-state index contributed by atoms with van der Waals surface area (Å²) in [5.41, 5.74) is 13.9. The summed E-state index contributed by atoms with van der Waals surface area (Å²) in [5.74, 6) is 0.187. The highest BCUT2D eigenvalue weighted by atomic mass is 32.2. The van der Waals surface area contributed by atoms with Crippen molar-refractivity contribution in [3.05, 3.63) is 125 Å². The molecule has 1 aliphatic carbocycles. The monoisotopic (exact) mass is 1040 g/mol. The van der Waals surface area contributed by atoms with Crippen molar-refractivity contribution in [3.63, 3.8) is 0 Å². The Morgan fingerprint density at radius 3 is 2.54 bits per heavy atom. The van der Waals surface area contributed by atoms with E-state index >= 15 is 4.39 Å². The number of amides is 1. The number of methoxy groups -OCH3 is 1. The van der Waals surface area contributed by atoms with Crippen LogP contribution in [0.1, 0.15) is 91.4 Å². The number of hydrogen-bond donors (Lipinski definition) is 4. The molecule has 1 saturated carbocycles. The molecule has 1 spiro atoms. The van der Waals surface area contributed by atoms with Crippen molar-refractivity contribution in [2.45, 2.75) is 81.8 Å². The van der Waals surface area contributed by atoms with Gasteiger partial charge in [0.25, 0.3) is 15.9 Å². The zero-order chi connectivity index (χ0) is 51.1. The maximum absolute atomic E-state index is 16.7. The summed E-state index contributed by atoms with van der Waals surface area (Å²) in [7, 11) is -2.90. The number of nitrogens with two attached hydrogens (primary N) is 1. The summed E-state index contributed by atoms with van der Waals surface area (Å²) in [4.78, 5) is 33.3. The van der Waals surface area contributed by atoms with Crippen molar-refractivity contribution in [1.82, 2.24) is 29.5 Å². The molecule has 1 amide bonds. The maximum Gasteiger partial charge on any atom is 0.268 e. The standard InChI is InChI=1S/C56H64FN9O6S2/c1-35(2)42-6-4-5-7-43(42)48-33-64(32-37-8-10-40(70-3)11-9-37)20-21-66(48)39-28-56(29-39)15-18-65(19-16-56)47-27-49(72-41-24-38-12-17-59-54(38)61-31-41)44(25-45(47)57)55(67)63-74(68,69)50-26-46(58)51(53-52(50)62-34-73-53)60-30-36-13-22-71-23-14-36/h4-12,17,24-27,31,34-36,39,48,60H,13-16,18-23,28-30,32-33,58H2,1-3H3,(H,59,61)(H,63,67)/t48-/m0/s1. The van der Waals surface area contributed by atoms with E-state index in [4.69, 9.17) is 19.9 Å². The summed E-state index contributed by atoms with van der Waals surface area (Å²) in [6, 6.07) is 25.5. The Morgan fingerprint density at radius 1 is 0.986 bits per heavy atom. The number of pyridine rings is 1. The van der Waals surface area contributed by atoms with Crippen molar-refractivity contribution in [3.8, 4) is 17.2 Å². The number of piperidine rings is 1. The van der Waals surface area contributed by atoms with Crippen molar-refractivity contribution >= 4 is 65.6 Å². The number of carbonyl (C=O) groups is 1. The number of sulfonamides is 1. The summed E-state index contributed by atoms with van der Waals surface area (Å²) in [6.07, 6.45) is 8.99. The van der Waals surface area contributed by atoms with Gasteiger partial charge >= 0.3 is 0 Å². The number of nitrogens with zero attached hydrogens (tertiary/aromatic N) is 5. The second kappa shape index (κ2) is 20.8. The Balaban J connectivity index is 0.809. The van der Waals surface area contributed by atoms with Gasteiger partial charge in [0.1, 0.15) is 39.1 Å². The highest BCUT2D eigenvalue weighted by molar-refractivity contribution is 7.90. The number of anilines is 3. The quantitative estimate of drug-likeness (QED) is 0.0714. The van der Waals surface area contributed by atoms with Crippen LogP contribution in [0.15, 0.2) is 102 Å². The molecule has 6 heterocycles. The van der Waals surface area contributed by atoms with Crippen LogP contribution >= 0.6 is 11.3 Å². The fourth-order valence-electron chi connectivity index (χ4n) is 11.8. The lowest BCUT2D eigenvalue weighted by Gasteiger charge is -2.58. The van der Waals surface area contributed by atoms with Gasteiger partial charge in [-0.05, 0) is 109 Å². The molecule has 0 bridgehead atoms. The molecular formula is C56H64FN9O6S2. The number of carbonyl (C=O) groups excluding carboxylic acids is 1. The molecule has 74 heavy (non-hydrogen) atoms. The van der Waals surface area contributed by atoms with Gasteiger partial charge in [-0.15, -0.1) is 11.3 Å². The van der Waals surface area contributed by atoms with Crippen LogP contribution in [-0.4, -0.2) is 105 Å². The van der Waals surface area contributed by atoms with E-state index in [0.717, 1.165) is 81.9 Å². The number of rotatable bonds is 15. The molecule has 11 rings (SSSR count). The molecule has 3 aliphatic heterocycles. The predicted molar refractivity (Wildman–Crippen MR) is 288 cm³/mol. The van der Waals surface area contributed by atoms with E-state index in [0.29, 0.717) is 72.5 Å². The number of nitrogen functional groups attached to an aromatic ring is 1. The van der Waals surface area contributed by atoms with Crippen LogP contribution in [0.4, 0.5) is 21.5 Å². The van der Waals surface area contributed by atoms with Gasteiger partial charge in [0.05, 0.1) is 46.1 Å². The lowest BCUT2D eigenvalue weighted by molar-refractivity contribution is -0.0628. The average Bonchev–Trinajstić information content (AvgIpc) is 4.11. The first-order chi connectivity index (χ1) is 35.8. The number of aromatic amines is 1. The smallest absolute Gasteiger partial charge is 0.268 e. The first kappa shape index (κ1) is 49.9. The van der Waals surface area contributed by atoms with Crippen molar-refractivity contribution in [2.75, 3.05) is 75.5 Å². The van der Waals surface area contributed by atoms with Gasteiger partial charge in [0, 0.05) is 88.8 Å². The third-order valence-electron chi connectivity index (χ3n) is 15.9. The Kier molecular flexibility index (Phi) is 14.0. The van der Waals surface area contributed by atoms with E-state index in [1.807, 2.05) is 23.1 Å². The van der Waals surface area contributed by atoms with Gasteiger partial charge < -0.3 is 35.1 Å². The van der Waals surface area contributed by atoms with E-state index in [9.17, 15) is 13.2 Å². The Labute approximate surface area is 435 Å². The fraction of sp³-hybridized carbons (Fsp3) is 0.411. The van der Waals surface area contributed by atoms with Gasteiger partial charge in [0.15, 0.2) is 0 Å². The first-order valence-corrected chi connectivity index (χ1v) is 28.1. The maximum atomic E-state index is 16.7. The molecule has 4 fully saturated rings. The highest BCUT2D eigenvalue weighted by Crippen LogP contribution is 2.54. The molecule has 5 N–H and O–H groups in total. The van der Waals surface area contributed by atoms with Crippen LogP contribution in [0.25, 0.3) is 21.3 Å². The third kappa shape index (κ3) is 10.1. The normalized spacial score (nSPS) is 19.0. The number of halogens is 1. The van der Waals surface area contributed by atoms with Gasteiger partial charge in [-0.25, -0.2) is 27.5 Å². The number of piperazine rings is 1. The molecular weight excluding hydrogens is 978 g/mol. The molecule has 4 aliphatic rings. The van der Waals surface area contributed by atoms with Crippen LogP contribution in [0.2, 0.25) is 0 Å². The number of thiazole rings is 1. The topological polar surface area (TPSA) is 180 Å². The first-order valence-electron chi connectivity index (χ1n) is 25.8. The number of hydrogen-bond acceptors (Lipinski definition) is 14. The van der Waals surface area contributed by atoms with Crippen LogP contribution in [0.5, 0.6) is 17.2 Å². The molecule has 0 unspecified atom stereocenters. The number of aromatic nitrogens is 3. The summed E-state index contributed by atoms with van der Waals surface area (Å²) in [5, 5.41) is 4.18. The number of nitrogens with one attached hydrogen (secondary N) is 3. The van der Waals surface area contributed by atoms with Crippen LogP contribution in [0.3, 0.4) is 0 Å². The molecule has 3 aromatic heterocycles. The zero-order valence-electron chi connectivity index (χ0n) is 42.1. The van der Waals surface area contributed by atoms with E-state index in [2.05, 4.69) is 85.0 Å². The van der Waals surface area contributed by atoms with Crippen LogP contribution < -0.4 is 30.1 Å². The van der Waals surface area contributed by atoms with Crippen molar-refractivity contribution < 1.29 is 31.8 Å². The van der Waals surface area contributed by atoms with E-state index in [1.54, 1.807) is 24.9 Å². The van der Waals surface area contributed by atoms with Gasteiger partial charge in [-0.1, -0.05) is 50.2 Å². The number of benzene rings is 4. The van der Waals surface area contributed by atoms with Crippen LogP contribution in [-0.2, 0) is 21.3 Å². The molecule has 15 nitrogen and oxygen atoms in total. The van der Waals surface area contributed by atoms with E-state index < -0.39 is 21.7 Å². The summed E-state index contributed by atoms with van der Waals surface area (Å²) in [6.45, 7) is 11.6. The van der Waals surface area contributed by atoms with E-state index in [1.165, 1.54) is 46.4 Å². The number of ether oxygens (including phenoxy) is 3. The lowest BCUT2D eigenvalue weighted by Crippen LogP contribution is -2.60. The third-order valence-corrected chi connectivity index (χ3v) is 18.1. The summed E-state index contributed by atoms with van der Waals surface area (Å²) >= 11 is 1.25. The minimum atomic E-state index is -4.59. The summed E-state index contributed by atoms with van der Waals surface area (Å²) < 4.78 is 65.2. The van der Waals surface area contributed by atoms with E-state index in [-0.39, 0.29) is 44.6 Å². The van der Waals surface area contributed by atoms with Gasteiger partial charge in [-0.2, -0.15) is 0 Å². The Hall–Kier alpha value is -6.31. The molecule has 4 aromatic carbocycles. The van der Waals surface area contributed by atoms with Gasteiger partial charge in [-0.3, -0.25) is 14.6 Å². The van der Waals surface area contributed by atoms with Gasteiger partial charge in [0.2, 0.25) is 0 Å². The Morgan fingerprint density at radius 2 is 1.77 bits per heavy atom. The zero-order valence-corrected chi connectivity index (χ0v) is 43.7. The highest BCUT2D eigenvalue weighted by Gasteiger charge is 2.50. The fourth-order valence-corrected chi connectivity index (χ4v) is 13.9. The number of H-pyrrole nitrogens is 1.